The summed E-state index contributed by atoms with van der Waals surface area (Å²) >= 11 is 5.69. The summed E-state index contributed by atoms with van der Waals surface area (Å²) < 4.78 is 13.0. The predicted octanol–water partition coefficient (Wildman–Crippen LogP) is 3.55. The van der Waals surface area contributed by atoms with Gasteiger partial charge in [-0.1, -0.05) is 41.9 Å². The lowest BCUT2D eigenvalue weighted by Crippen LogP contribution is -2.31. The van der Waals surface area contributed by atoms with Crippen molar-refractivity contribution >= 4 is 23.2 Å². The van der Waals surface area contributed by atoms with E-state index in [1.807, 2.05) is 30.3 Å². The molecule has 0 radical (unpaired) electrons. The number of likely N-dealkylation sites (N-methyl/N-ethyl adjacent to an activating group) is 1. The van der Waals surface area contributed by atoms with Gasteiger partial charge in [0.05, 0.1) is 11.6 Å². The third-order valence-corrected chi connectivity index (χ3v) is 3.34. The third kappa shape index (κ3) is 4.46. The van der Waals surface area contributed by atoms with Crippen LogP contribution in [0.3, 0.4) is 0 Å². The molecule has 2 aromatic rings. The molecule has 0 fully saturated rings. The van der Waals surface area contributed by atoms with Gasteiger partial charge in [-0.25, -0.2) is 4.39 Å². The molecule has 0 aliphatic rings. The van der Waals surface area contributed by atoms with Crippen LogP contribution in [0.2, 0.25) is 5.02 Å². The van der Waals surface area contributed by atoms with E-state index in [9.17, 15) is 9.18 Å². The molecular formula is C16H16ClFN2O. The van der Waals surface area contributed by atoms with Crippen molar-refractivity contribution in [1.29, 1.82) is 0 Å². The number of anilines is 1. The standard InChI is InChI=1S/C16H16ClFN2O/c1-20(11-12-5-3-2-4-6-12)16(21)10-19-13-7-8-15(18)14(17)9-13/h2-9,19H,10-11H2,1H3. The van der Waals surface area contributed by atoms with Crippen LogP contribution < -0.4 is 5.32 Å². The van der Waals surface area contributed by atoms with Gasteiger partial charge in [-0.05, 0) is 23.8 Å². The van der Waals surface area contributed by atoms with Crippen LogP contribution in [-0.2, 0) is 11.3 Å². The van der Waals surface area contributed by atoms with Crippen molar-refractivity contribution in [2.75, 3.05) is 18.9 Å². The highest BCUT2D eigenvalue weighted by Gasteiger charge is 2.09. The van der Waals surface area contributed by atoms with Crippen molar-refractivity contribution in [3.63, 3.8) is 0 Å². The summed E-state index contributed by atoms with van der Waals surface area (Å²) in [5, 5.41) is 2.97. The van der Waals surface area contributed by atoms with Crippen LogP contribution in [0.15, 0.2) is 48.5 Å². The van der Waals surface area contributed by atoms with Crippen molar-refractivity contribution in [2.24, 2.45) is 0 Å². The summed E-state index contributed by atoms with van der Waals surface area (Å²) in [4.78, 5) is 13.7. The molecule has 1 amide bonds. The van der Waals surface area contributed by atoms with Gasteiger partial charge in [-0.15, -0.1) is 0 Å². The van der Waals surface area contributed by atoms with Crippen molar-refractivity contribution in [2.45, 2.75) is 6.54 Å². The second kappa shape index (κ2) is 7.09. The fourth-order valence-corrected chi connectivity index (χ4v) is 2.04. The largest absolute Gasteiger partial charge is 0.376 e. The number of nitrogens with zero attached hydrogens (tertiary/aromatic N) is 1. The Balaban J connectivity index is 1.87. The summed E-state index contributed by atoms with van der Waals surface area (Å²) in [5.74, 6) is -0.533. The Morgan fingerprint density at radius 3 is 2.62 bits per heavy atom. The predicted molar refractivity (Wildman–Crippen MR) is 82.8 cm³/mol. The van der Waals surface area contributed by atoms with Gasteiger partial charge in [0, 0.05) is 19.3 Å². The molecule has 0 saturated carbocycles. The zero-order chi connectivity index (χ0) is 15.2. The van der Waals surface area contributed by atoms with Gasteiger partial charge in [0.2, 0.25) is 5.91 Å². The molecule has 0 spiro atoms. The summed E-state index contributed by atoms with van der Waals surface area (Å²) in [6, 6.07) is 14.0. The molecule has 5 heteroatoms. The Morgan fingerprint density at radius 2 is 1.95 bits per heavy atom. The number of rotatable bonds is 5. The maximum Gasteiger partial charge on any atom is 0.241 e. The molecule has 0 aromatic heterocycles. The lowest BCUT2D eigenvalue weighted by molar-refractivity contribution is -0.128. The normalized spacial score (nSPS) is 10.2. The van der Waals surface area contributed by atoms with E-state index >= 15 is 0 Å². The zero-order valence-electron chi connectivity index (χ0n) is 11.6. The molecule has 0 aliphatic heterocycles. The Morgan fingerprint density at radius 1 is 1.24 bits per heavy atom. The van der Waals surface area contributed by atoms with E-state index in [-0.39, 0.29) is 17.5 Å². The van der Waals surface area contributed by atoms with Gasteiger partial charge in [-0.3, -0.25) is 4.79 Å². The van der Waals surface area contributed by atoms with Crippen molar-refractivity contribution < 1.29 is 9.18 Å². The van der Waals surface area contributed by atoms with Crippen molar-refractivity contribution in [3.05, 3.63) is 64.9 Å². The zero-order valence-corrected chi connectivity index (χ0v) is 12.4. The Kier molecular flexibility index (Phi) is 5.17. The summed E-state index contributed by atoms with van der Waals surface area (Å²) in [5.41, 5.74) is 1.68. The first-order valence-corrected chi connectivity index (χ1v) is 6.91. The number of carbonyl (C=O) groups is 1. The van der Waals surface area contributed by atoms with Crippen LogP contribution in [0, 0.1) is 5.82 Å². The molecular weight excluding hydrogens is 291 g/mol. The minimum absolute atomic E-state index is 0.0325. The second-order valence-corrected chi connectivity index (χ2v) is 5.13. The second-order valence-electron chi connectivity index (χ2n) is 4.72. The number of benzene rings is 2. The fraction of sp³-hybridized carbons (Fsp3) is 0.188. The van der Waals surface area contributed by atoms with Gasteiger partial charge in [0.15, 0.2) is 0 Å². The summed E-state index contributed by atoms with van der Waals surface area (Å²) in [6.07, 6.45) is 0. The molecule has 2 aromatic carbocycles. The first-order chi connectivity index (χ1) is 10.1. The lowest BCUT2D eigenvalue weighted by Gasteiger charge is -2.18. The first kappa shape index (κ1) is 15.3. The van der Waals surface area contributed by atoms with E-state index in [2.05, 4.69) is 5.32 Å². The Labute approximate surface area is 128 Å². The van der Waals surface area contributed by atoms with E-state index in [1.165, 1.54) is 12.1 Å². The Hall–Kier alpha value is -2.07. The van der Waals surface area contributed by atoms with E-state index in [0.29, 0.717) is 12.2 Å². The molecule has 3 nitrogen and oxygen atoms in total. The monoisotopic (exact) mass is 306 g/mol. The molecule has 1 N–H and O–H groups in total. The molecule has 0 atom stereocenters. The number of carbonyl (C=O) groups excluding carboxylic acids is 1. The molecule has 0 saturated heterocycles. The smallest absolute Gasteiger partial charge is 0.241 e. The van der Waals surface area contributed by atoms with E-state index in [1.54, 1.807) is 18.0 Å². The maximum atomic E-state index is 13.0. The number of hydrogen-bond acceptors (Lipinski definition) is 2. The quantitative estimate of drug-likeness (QED) is 0.916. The van der Waals surface area contributed by atoms with E-state index < -0.39 is 5.82 Å². The molecule has 0 aliphatic carbocycles. The molecule has 0 heterocycles. The average Bonchev–Trinajstić information content (AvgIpc) is 2.49. The average molecular weight is 307 g/mol. The summed E-state index contributed by atoms with van der Waals surface area (Å²) in [7, 11) is 1.74. The number of amides is 1. The maximum absolute atomic E-state index is 13.0. The van der Waals surface area contributed by atoms with E-state index in [0.717, 1.165) is 5.56 Å². The van der Waals surface area contributed by atoms with Gasteiger partial charge >= 0.3 is 0 Å². The minimum Gasteiger partial charge on any atom is -0.376 e. The minimum atomic E-state index is -0.477. The lowest BCUT2D eigenvalue weighted by atomic mass is 10.2. The molecule has 2 rings (SSSR count). The number of hydrogen-bond donors (Lipinski definition) is 1. The highest BCUT2D eigenvalue weighted by molar-refractivity contribution is 6.31. The van der Waals surface area contributed by atoms with Gasteiger partial charge in [0.25, 0.3) is 0 Å². The summed E-state index contributed by atoms with van der Waals surface area (Å²) in [6.45, 7) is 0.677. The fourth-order valence-electron chi connectivity index (χ4n) is 1.86. The highest BCUT2D eigenvalue weighted by Crippen LogP contribution is 2.19. The van der Waals surface area contributed by atoms with Gasteiger partial charge in [-0.2, -0.15) is 0 Å². The third-order valence-electron chi connectivity index (χ3n) is 3.05. The Bertz CT molecular complexity index is 619. The molecule has 21 heavy (non-hydrogen) atoms. The van der Waals surface area contributed by atoms with Crippen LogP contribution >= 0.6 is 11.6 Å². The van der Waals surface area contributed by atoms with Crippen LogP contribution in [0.25, 0.3) is 0 Å². The van der Waals surface area contributed by atoms with Crippen LogP contribution in [-0.4, -0.2) is 24.4 Å². The SMILES string of the molecule is CN(Cc1ccccc1)C(=O)CNc1ccc(F)c(Cl)c1. The number of halogens is 2. The van der Waals surface area contributed by atoms with Crippen LogP contribution in [0.1, 0.15) is 5.56 Å². The first-order valence-electron chi connectivity index (χ1n) is 6.53. The van der Waals surface area contributed by atoms with Crippen LogP contribution in [0.5, 0.6) is 0 Å². The van der Waals surface area contributed by atoms with Crippen LogP contribution in [0.4, 0.5) is 10.1 Å². The molecule has 110 valence electrons. The van der Waals surface area contributed by atoms with Crippen molar-refractivity contribution in [3.8, 4) is 0 Å². The molecule has 0 unspecified atom stereocenters. The highest BCUT2D eigenvalue weighted by atomic mass is 35.5. The molecule has 0 bridgehead atoms. The topological polar surface area (TPSA) is 32.3 Å². The van der Waals surface area contributed by atoms with Gasteiger partial charge in [0.1, 0.15) is 5.82 Å². The van der Waals surface area contributed by atoms with Gasteiger partial charge < -0.3 is 10.2 Å². The number of nitrogens with one attached hydrogen (secondary N) is 1. The van der Waals surface area contributed by atoms with Crippen molar-refractivity contribution in [1.82, 2.24) is 4.90 Å². The van der Waals surface area contributed by atoms with E-state index in [4.69, 9.17) is 11.6 Å².